The maximum Gasteiger partial charge on any atom is 0.264 e. The number of carbonyl (C=O) groups is 1. The maximum atomic E-state index is 15.4. The van der Waals surface area contributed by atoms with Crippen LogP contribution in [0.4, 0.5) is 10.3 Å². The van der Waals surface area contributed by atoms with Gasteiger partial charge < -0.3 is 14.4 Å². The molecule has 4 bridgehead atoms. The Bertz CT molecular complexity index is 1870. The first-order chi connectivity index (χ1) is 22.3. The van der Waals surface area contributed by atoms with E-state index in [1.54, 1.807) is 18.5 Å². The summed E-state index contributed by atoms with van der Waals surface area (Å²) >= 11 is 0. The van der Waals surface area contributed by atoms with E-state index in [9.17, 15) is 13.2 Å². The molecule has 246 valence electrons. The molecular formula is C34H37FN6O5S. The monoisotopic (exact) mass is 660 g/mol. The van der Waals surface area contributed by atoms with Crippen molar-refractivity contribution in [1.82, 2.24) is 24.8 Å². The number of hydrogen-bond donors (Lipinski definition) is 1. The normalized spacial score (nSPS) is 18.1. The number of sulfonamides is 1. The predicted molar refractivity (Wildman–Crippen MR) is 173 cm³/mol. The number of nitrogens with one attached hydrogen (secondary N) is 1. The number of anilines is 1. The fraction of sp³-hybridized carbons (Fsp3) is 0.382. The Morgan fingerprint density at radius 1 is 1.04 bits per heavy atom. The quantitative estimate of drug-likeness (QED) is 0.260. The van der Waals surface area contributed by atoms with Crippen molar-refractivity contribution in [2.45, 2.75) is 82.6 Å². The molecule has 3 heterocycles. The Labute approximate surface area is 273 Å². The first-order valence-electron chi connectivity index (χ1n) is 15.5. The van der Waals surface area contributed by atoms with E-state index in [-0.39, 0.29) is 48.0 Å². The molecule has 4 aromatic rings. The van der Waals surface area contributed by atoms with Crippen molar-refractivity contribution >= 4 is 21.9 Å². The molecule has 1 N–H and O–H groups in total. The van der Waals surface area contributed by atoms with Crippen LogP contribution in [0.25, 0.3) is 11.3 Å². The van der Waals surface area contributed by atoms with Gasteiger partial charge in [-0.2, -0.15) is 4.98 Å². The average molecular weight is 661 g/mol. The Morgan fingerprint density at radius 3 is 2.40 bits per heavy atom. The lowest BCUT2D eigenvalue weighted by Gasteiger charge is -2.34. The highest BCUT2D eigenvalue weighted by Crippen LogP contribution is 2.31. The number of fused-ring (bicyclic) bond motifs is 4. The van der Waals surface area contributed by atoms with Gasteiger partial charge in [-0.05, 0) is 76.3 Å². The van der Waals surface area contributed by atoms with E-state index in [0.29, 0.717) is 17.3 Å². The fourth-order valence-electron chi connectivity index (χ4n) is 5.72. The summed E-state index contributed by atoms with van der Waals surface area (Å²) in [7, 11) is -4.23. The summed E-state index contributed by atoms with van der Waals surface area (Å²) in [5.74, 6) is 0.158. The van der Waals surface area contributed by atoms with E-state index in [2.05, 4.69) is 24.7 Å². The van der Waals surface area contributed by atoms with Gasteiger partial charge in [0.15, 0.2) is 5.75 Å². The summed E-state index contributed by atoms with van der Waals surface area (Å²) in [6.07, 6.45) is 6.26. The molecule has 1 fully saturated rings. The number of aromatic nitrogens is 4. The second-order valence-electron chi connectivity index (χ2n) is 12.6. The van der Waals surface area contributed by atoms with Crippen LogP contribution in [0.5, 0.6) is 11.6 Å². The highest BCUT2D eigenvalue weighted by molar-refractivity contribution is 7.92. The summed E-state index contributed by atoms with van der Waals surface area (Å²) in [4.78, 5) is 33.2. The molecule has 0 saturated heterocycles. The minimum absolute atomic E-state index is 0.0594. The van der Waals surface area contributed by atoms with E-state index in [1.807, 2.05) is 32.0 Å². The zero-order valence-corrected chi connectivity index (χ0v) is 27.6. The summed E-state index contributed by atoms with van der Waals surface area (Å²) < 4.78 is 57.1. The molecule has 0 spiro atoms. The van der Waals surface area contributed by atoms with E-state index >= 15 is 4.39 Å². The van der Waals surface area contributed by atoms with Crippen molar-refractivity contribution in [2.75, 3.05) is 11.3 Å². The zero-order chi connectivity index (χ0) is 33.3. The van der Waals surface area contributed by atoms with E-state index in [0.717, 1.165) is 36.0 Å². The first-order valence-corrected chi connectivity index (χ1v) is 17.0. The van der Waals surface area contributed by atoms with Crippen LogP contribution in [0.3, 0.4) is 0 Å². The minimum Gasteiger partial charge on any atom is -0.487 e. The molecule has 1 saturated carbocycles. The highest BCUT2D eigenvalue weighted by atomic mass is 32.2. The molecule has 1 amide bonds. The standard InChI is InChI=1S/C34H37FN6O5S/c1-21-8-5-9-22(2)31(21)28-15-30-39-33(38-28)40-47(43,44)27-13-6-10-23(14-27)32(42)41(24(20-45-30)16-34(3,4)35)19-29-36-17-26(18-37-29)46-25-11-7-12-25/h5-6,8-10,13-15,17-18,24-25H,7,11-12,16,19-20H2,1-4H3,(H,38,39,40)/t24-/m1/s1. The maximum absolute atomic E-state index is 15.4. The third-order valence-electron chi connectivity index (χ3n) is 8.25. The molecule has 47 heavy (non-hydrogen) atoms. The van der Waals surface area contributed by atoms with Gasteiger partial charge in [0.25, 0.3) is 15.9 Å². The van der Waals surface area contributed by atoms with Gasteiger partial charge in [0.2, 0.25) is 11.8 Å². The molecular weight excluding hydrogens is 623 g/mol. The topological polar surface area (TPSA) is 136 Å². The minimum atomic E-state index is -4.23. The van der Waals surface area contributed by atoms with Crippen LogP contribution >= 0.6 is 0 Å². The smallest absolute Gasteiger partial charge is 0.264 e. The van der Waals surface area contributed by atoms with Crippen LogP contribution in [-0.2, 0) is 16.6 Å². The van der Waals surface area contributed by atoms with Gasteiger partial charge in [0, 0.05) is 23.6 Å². The molecule has 1 aliphatic heterocycles. The lowest BCUT2D eigenvalue weighted by atomic mass is 9.96. The van der Waals surface area contributed by atoms with Gasteiger partial charge in [-0.1, -0.05) is 24.3 Å². The van der Waals surface area contributed by atoms with Gasteiger partial charge in [0.05, 0.1) is 41.7 Å². The Kier molecular flexibility index (Phi) is 8.84. The Morgan fingerprint density at radius 2 is 1.74 bits per heavy atom. The summed E-state index contributed by atoms with van der Waals surface area (Å²) in [6.45, 7) is 6.47. The number of benzene rings is 2. The molecule has 0 unspecified atom stereocenters. The number of halogens is 1. The second-order valence-corrected chi connectivity index (χ2v) is 14.3. The number of alkyl halides is 1. The van der Waals surface area contributed by atoms with Crippen LogP contribution in [0.15, 0.2) is 65.8 Å². The molecule has 6 rings (SSSR count). The van der Waals surface area contributed by atoms with Crippen LogP contribution in [0.1, 0.15) is 66.8 Å². The Hall–Kier alpha value is -4.65. The highest BCUT2D eigenvalue weighted by Gasteiger charge is 2.33. The SMILES string of the molecule is Cc1cccc(C)c1-c1cc2nc(n1)NS(=O)(=O)c1cccc(c1)C(=O)N(Cc1ncc(OC3CCC3)cn1)[C@H](CC(C)(C)F)CO2. The van der Waals surface area contributed by atoms with Crippen LogP contribution in [0, 0.1) is 13.8 Å². The van der Waals surface area contributed by atoms with Crippen molar-refractivity contribution in [3.63, 3.8) is 0 Å². The number of hydrogen-bond acceptors (Lipinski definition) is 9. The van der Waals surface area contributed by atoms with Crippen LogP contribution in [0.2, 0.25) is 0 Å². The Balaban J connectivity index is 1.43. The van der Waals surface area contributed by atoms with Gasteiger partial charge in [-0.15, -0.1) is 0 Å². The second kappa shape index (κ2) is 12.9. The van der Waals surface area contributed by atoms with Crippen LogP contribution < -0.4 is 14.2 Å². The van der Waals surface area contributed by atoms with Gasteiger partial charge in [-0.25, -0.2) is 32.5 Å². The average Bonchev–Trinajstić information content (AvgIpc) is 2.99. The van der Waals surface area contributed by atoms with Crippen molar-refractivity contribution < 1.29 is 27.1 Å². The lowest BCUT2D eigenvalue weighted by molar-refractivity contribution is 0.0445. The predicted octanol–water partition coefficient (Wildman–Crippen LogP) is 5.82. The largest absolute Gasteiger partial charge is 0.487 e. The third kappa shape index (κ3) is 7.51. The summed E-state index contributed by atoms with van der Waals surface area (Å²) in [5, 5.41) is 0. The summed E-state index contributed by atoms with van der Waals surface area (Å²) in [6, 6.07) is 12.2. The van der Waals surface area contributed by atoms with Crippen molar-refractivity contribution in [2.24, 2.45) is 0 Å². The molecule has 0 radical (unpaired) electrons. The van der Waals surface area contributed by atoms with E-state index in [4.69, 9.17) is 9.47 Å². The number of amides is 1. The van der Waals surface area contributed by atoms with Gasteiger partial charge >= 0.3 is 0 Å². The number of aryl methyl sites for hydroxylation is 2. The summed E-state index contributed by atoms with van der Waals surface area (Å²) in [5.41, 5.74) is 1.47. The molecule has 1 aliphatic carbocycles. The van der Waals surface area contributed by atoms with Gasteiger partial charge in [-0.3, -0.25) is 4.79 Å². The molecule has 13 heteroatoms. The zero-order valence-electron chi connectivity index (χ0n) is 26.7. The molecule has 2 aromatic heterocycles. The van der Waals surface area contributed by atoms with E-state index < -0.39 is 27.6 Å². The number of ether oxygens (including phenoxy) is 2. The van der Waals surface area contributed by atoms with Crippen molar-refractivity contribution in [1.29, 1.82) is 0 Å². The lowest BCUT2D eigenvalue weighted by Crippen LogP contribution is -2.46. The fourth-order valence-corrected chi connectivity index (χ4v) is 6.71. The van der Waals surface area contributed by atoms with E-state index in [1.165, 1.54) is 43.0 Å². The molecule has 11 nitrogen and oxygen atoms in total. The van der Waals surface area contributed by atoms with Crippen molar-refractivity contribution in [3.8, 4) is 22.9 Å². The molecule has 2 aromatic carbocycles. The van der Waals surface area contributed by atoms with Crippen LogP contribution in [-0.4, -0.2) is 63.6 Å². The number of rotatable bonds is 7. The molecule has 2 aliphatic rings. The number of carbonyl (C=O) groups excluding carboxylic acids is 1. The number of nitrogens with zero attached hydrogens (tertiary/aromatic N) is 5. The third-order valence-corrected chi connectivity index (χ3v) is 9.58. The van der Waals surface area contributed by atoms with Crippen molar-refractivity contribution in [3.05, 3.63) is 83.4 Å². The molecule has 1 atom stereocenters. The van der Waals surface area contributed by atoms with Gasteiger partial charge in [0.1, 0.15) is 18.1 Å². The first kappa shape index (κ1) is 32.3.